The molecule has 0 radical (unpaired) electrons. The highest BCUT2D eigenvalue weighted by Gasteiger charge is 2.20. The van der Waals surface area contributed by atoms with E-state index in [1.807, 2.05) is 50.4 Å². The fourth-order valence-corrected chi connectivity index (χ4v) is 4.20. The molecule has 7 nitrogen and oxygen atoms in total. The van der Waals surface area contributed by atoms with Gasteiger partial charge in [0.15, 0.2) is 0 Å². The van der Waals surface area contributed by atoms with Gasteiger partial charge in [0.25, 0.3) is 11.8 Å². The first kappa shape index (κ1) is 26.5. The van der Waals surface area contributed by atoms with Crippen molar-refractivity contribution in [2.24, 2.45) is 0 Å². The topological polar surface area (TPSA) is 103 Å². The van der Waals surface area contributed by atoms with Gasteiger partial charge in [-0.25, -0.2) is 0 Å². The van der Waals surface area contributed by atoms with Gasteiger partial charge in [-0.2, -0.15) is 0 Å². The molecular weight excluding hydrogens is 478 g/mol. The van der Waals surface area contributed by atoms with Gasteiger partial charge in [-0.1, -0.05) is 42.2 Å². The first-order valence-corrected chi connectivity index (χ1v) is 12.5. The molecule has 0 saturated heterocycles. The number of aliphatic hydroxyl groups is 1. The summed E-state index contributed by atoms with van der Waals surface area (Å²) >= 11 is 0. The maximum absolute atomic E-state index is 13.4. The number of fused-ring (bicyclic) bond motifs is 1. The lowest BCUT2D eigenvalue weighted by molar-refractivity contribution is 0.0909. The number of H-pyrrole nitrogens is 1. The van der Waals surface area contributed by atoms with E-state index in [0.29, 0.717) is 34.4 Å². The minimum absolute atomic E-state index is 0.141. The van der Waals surface area contributed by atoms with Crippen LogP contribution in [0.4, 0.5) is 0 Å². The van der Waals surface area contributed by atoms with Crippen LogP contribution >= 0.6 is 0 Å². The standard InChI is InChI=1S/C31H31N3O4/c1-20(2)38-29-15-13-21(12-14-22-8-4-5-10-26(22)30(36)32-3)16-27(29)31(37)34-24(19-35)17-23-18-33-28-11-7-6-9-25(23)28/h4-11,13,15-16,18,20,24,33,35H,17,19H2,1-3H3,(H,32,36)(H,34,37)/t24-/m1/s1. The number of hydrogen-bond donors (Lipinski definition) is 4. The Morgan fingerprint density at radius 2 is 1.74 bits per heavy atom. The summed E-state index contributed by atoms with van der Waals surface area (Å²) in [5.74, 6) is 5.94. The van der Waals surface area contributed by atoms with Gasteiger partial charge >= 0.3 is 0 Å². The average molecular weight is 510 g/mol. The average Bonchev–Trinajstić information content (AvgIpc) is 3.34. The van der Waals surface area contributed by atoms with E-state index in [1.54, 1.807) is 43.4 Å². The molecule has 7 heteroatoms. The van der Waals surface area contributed by atoms with Gasteiger partial charge in [0.1, 0.15) is 5.75 Å². The van der Waals surface area contributed by atoms with Gasteiger partial charge in [0, 0.05) is 35.3 Å². The zero-order valence-electron chi connectivity index (χ0n) is 21.7. The van der Waals surface area contributed by atoms with Crippen molar-refractivity contribution in [1.29, 1.82) is 0 Å². The Balaban J connectivity index is 1.60. The summed E-state index contributed by atoms with van der Waals surface area (Å²) in [6.07, 6.45) is 2.22. The highest BCUT2D eigenvalue weighted by Crippen LogP contribution is 2.23. The number of nitrogens with one attached hydrogen (secondary N) is 3. The Hall–Kier alpha value is -4.54. The molecule has 1 heterocycles. The van der Waals surface area contributed by atoms with Crippen LogP contribution in [0.15, 0.2) is 72.9 Å². The number of rotatable bonds is 8. The van der Waals surface area contributed by atoms with E-state index >= 15 is 0 Å². The normalized spacial score (nSPS) is 11.5. The molecule has 0 fully saturated rings. The van der Waals surface area contributed by atoms with E-state index in [9.17, 15) is 14.7 Å². The third kappa shape index (κ3) is 6.23. The fourth-order valence-electron chi connectivity index (χ4n) is 4.20. The molecule has 0 aliphatic rings. The predicted octanol–water partition coefficient (Wildman–Crippen LogP) is 4.05. The van der Waals surface area contributed by atoms with Crippen molar-refractivity contribution in [3.8, 4) is 17.6 Å². The number of amides is 2. The molecule has 194 valence electrons. The summed E-state index contributed by atoms with van der Waals surface area (Å²) in [6.45, 7) is 3.55. The maximum Gasteiger partial charge on any atom is 0.255 e. The van der Waals surface area contributed by atoms with Crippen LogP contribution in [0.1, 0.15) is 51.3 Å². The van der Waals surface area contributed by atoms with Crippen molar-refractivity contribution < 1.29 is 19.4 Å². The highest BCUT2D eigenvalue weighted by molar-refractivity contribution is 5.98. The van der Waals surface area contributed by atoms with Crippen LogP contribution in [0.25, 0.3) is 10.9 Å². The summed E-state index contributed by atoms with van der Waals surface area (Å²) in [5.41, 5.74) is 3.98. The first-order chi connectivity index (χ1) is 18.4. The lowest BCUT2D eigenvalue weighted by atomic mass is 10.0. The zero-order valence-corrected chi connectivity index (χ0v) is 21.7. The number of aliphatic hydroxyl groups excluding tert-OH is 1. The molecule has 4 rings (SSSR count). The second-order valence-electron chi connectivity index (χ2n) is 9.17. The Bertz CT molecular complexity index is 1510. The summed E-state index contributed by atoms with van der Waals surface area (Å²) in [5, 5.41) is 16.7. The van der Waals surface area contributed by atoms with E-state index < -0.39 is 6.04 Å². The molecular formula is C31H31N3O4. The highest BCUT2D eigenvalue weighted by atomic mass is 16.5. The number of hydrogen-bond acceptors (Lipinski definition) is 4. The summed E-state index contributed by atoms with van der Waals surface area (Å²) in [4.78, 5) is 28.8. The van der Waals surface area contributed by atoms with Gasteiger partial charge in [-0.3, -0.25) is 9.59 Å². The number of carbonyl (C=O) groups excluding carboxylic acids is 2. The molecule has 0 unspecified atom stereocenters. The Morgan fingerprint density at radius 1 is 0.974 bits per heavy atom. The molecule has 0 aliphatic carbocycles. The van der Waals surface area contributed by atoms with E-state index in [2.05, 4.69) is 27.5 Å². The van der Waals surface area contributed by atoms with Crippen LogP contribution in [-0.2, 0) is 6.42 Å². The molecule has 4 N–H and O–H groups in total. The van der Waals surface area contributed by atoms with Gasteiger partial charge in [0.2, 0.25) is 0 Å². The minimum atomic E-state index is -0.497. The lowest BCUT2D eigenvalue weighted by Gasteiger charge is -2.19. The second kappa shape index (κ2) is 12.1. The van der Waals surface area contributed by atoms with Crippen molar-refractivity contribution in [1.82, 2.24) is 15.6 Å². The van der Waals surface area contributed by atoms with Crippen molar-refractivity contribution in [3.63, 3.8) is 0 Å². The number of benzene rings is 3. The van der Waals surface area contributed by atoms with Crippen LogP contribution in [0.5, 0.6) is 5.75 Å². The van der Waals surface area contributed by atoms with E-state index in [0.717, 1.165) is 16.5 Å². The first-order valence-electron chi connectivity index (χ1n) is 12.5. The molecule has 0 spiro atoms. The summed E-state index contributed by atoms with van der Waals surface area (Å²) in [7, 11) is 1.57. The number of carbonyl (C=O) groups is 2. The molecule has 1 atom stereocenters. The Kier molecular flexibility index (Phi) is 8.47. The van der Waals surface area contributed by atoms with Crippen LogP contribution < -0.4 is 15.4 Å². The predicted molar refractivity (Wildman–Crippen MR) is 148 cm³/mol. The quantitative estimate of drug-likeness (QED) is 0.269. The van der Waals surface area contributed by atoms with E-state index in [1.165, 1.54) is 0 Å². The van der Waals surface area contributed by atoms with Crippen LogP contribution in [0.2, 0.25) is 0 Å². The zero-order chi connectivity index (χ0) is 27.1. The molecule has 3 aromatic carbocycles. The summed E-state index contributed by atoms with van der Waals surface area (Å²) in [6, 6.07) is 19.7. The maximum atomic E-state index is 13.4. The minimum Gasteiger partial charge on any atom is -0.490 e. The molecule has 0 saturated carbocycles. The molecule has 4 aromatic rings. The number of para-hydroxylation sites is 1. The van der Waals surface area contributed by atoms with Crippen LogP contribution in [0.3, 0.4) is 0 Å². The van der Waals surface area contributed by atoms with Crippen molar-refractivity contribution in [3.05, 3.63) is 101 Å². The molecule has 1 aromatic heterocycles. The lowest BCUT2D eigenvalue weighted by Crippen LogP contribution is -2.39. The Morgan fingerprint density at radius 3 is 2.50 bits per heavy atom. The van der Waals surface area contributed by atoms with Crippen molar-refractivity contribution in [2.45, 2.75) is 32.4 Å². The molecule has 0 bridgehead atoms. The summed E-state index contributed by atoms with van der Waals surface area (Å²) < 4.78 is 5.90. The SMILES string of the molecule is CNC(=O)c1ccccc1C#Cc1ccc(OC(C)C)c(C(=O)N[C@@H](CO)Cc2c[nH]c3ccccc23)c1. The van der Waals surface area contributed by atoms with Crippen LogP contribution in [0, 0.1) is 11.8 Å². The van der Waals surface area contributed by atoms with Crippen LogP contribution in [-0.4, -0.2) is 47.7 Å². The van der Waals surface area contributed by atoms with Gasteiger partial charge in [0.05, 0.1) is 29.9 Å². The van der Waals surface area contributed by atoms with Gasteiger partial charge < -0.3 is 25.5 Å². The van der Waals surface area contributed by atoms with Crippen molar-refractivity contribution in [2.75, 3.05) is 13.7 Å². The van der Waals surface area contributed by atoms with E-state index in [-0.39, 0.29) is 24.5 Å². The smallest absolute Gasteiger partial charge is 0.255 e. The van der Waals surface area contributed by atoms with E-state index in [4.69, 9.17) is 4.74 Å². The van der Waals surface area contributed by atoms with Gasteiger partial charge in [-0.15, -0.1) is 0 Å². The number of ether oxygens (including phenoxy) is 1. The second-order valence-corrected chi connectivity index (χ2v) is 9.17. The monoisotopic (exact) mass is 509 g/mol. The third-order valence-corrected chi connectivity index (χ3v) is 6.02. The number of aromatic nitrogens is 1. The Labute approximate surface area is 222 Å². The largest absolute Gasteiger partial charge is 0.490 e. The number of aromatic amines is 1. The third-order valence-electron chi connectivity index (χ3n) is 6.02. The molecule has 0 aliphatic heterocycles. The van der Waals surface area contributed by atoms with Gasteiger partial charge in [-0.05, 0) is 62.2 Å². The fraction of sp³-hybridized carbons (Fsp3) is 0.226. The van der Waals surface area contributed by atoms with Crippen molar-refractivity contribution >= 4 is 22.7 Å². The molecule has 2 amide bonds. The molecule has 38 heavy (non-hydrogen) atoms.